The standard InChI is InChI=1S/C20H24F2N4O2.C2HF3O2/c1-11-2-5-14(16(22)8-11)18-24-19(28-25-18)15(9-12-3-4-12)17(23)20(27)26-7-6-13(21)10-26;3-2(4,5)1(6)7/h2,5,8,12-13,15,17H,3-4,6-7,9-10,23H2,1H3;(H,6,7)/t13-,15-,17-;/m0./s1. The van der Waals surface area contributed by atoms with Crippen molar-refractivity contribution in [1.29, 1.82) is 0 Å². The fourth-order valence-electron chi connectivity index (χ4n) is 3.71. The Morgan fingerprint density at radius 2 is 1.94 bits per heavy atom. The summed E-state index contributed by atoms with van der Waals surface area (Å²) in [5.41, 5.74) is 7.31. The molecule has 192 valence electrons. The minimum Gasteiger partial charge on any atom is -0.475 e. The van der Waals surface area contributed by atoms with E-state index < -0.39 is 36.1 Å². The quantitative estimate of drug-likeness (QED) is 0.577. The highest BCUT2D eigenvalue weighted by Gasteiger charge is 2.40. The van der Waals surface area contributed by atoms with Crippen molar-refractivity contribution in [2.24, 2.45) is 11.7 Å². The molecule has 2 fully saturated rings. The number of hydrogen-bond acceptors (Lipinski definition) is 6. The van der Waals surface area contributed by atoms with Crippen LogP contribution in [0.25, 0.3) is 11.4 Å². The zero-order chi connectivity index (χ0) is 25.9. The highest BCUT2D eigenvalue weighted by atomic mass is 19.4. The third-order valence-corrected chi connectivity index (χ3v) is 5.81. The highest BCUT2D eigenvalue weighted by molar-refractivity contribution is 5.83. The SMILES string of the molecule is Cc1ccc(-c2noc([C@@H](CC3CC3)[C@H](N)C(=O)N3CC[C@H](F)C3)n2)c(F)c1.O=C(O)C(F)(F)F. The third kappa shape index (κ3) is 6.96. The average Bonchev–Trinajstić information content (AvgIpc) is 3.28. The Kier molecular flexibility index (Phi) is 8.08. The van der Waals surface area contributed by atoms with Gasteiger partial charge < -0.3 is 20.3 Å². The summed E-state index contributed by atoms with van der Waals surface area (Å²) in [6.07, 6.45) is -2.96. The molecule has 13 heteroatoms. The maximum absolute atomic E-state index is 14.3. The van der Waals surface area contributed by atoms with Crippen LogP contribution < -0.4 is 5.73 Å². The minimum absolute atomic E-state index is 0.0757. The smallest absolute Gasteiger partial charge is 0.475 e. The zero-order valence-corrected chi connectivity index (χ0v) is 18.8. The van der Waals surface area contributed by atoms with Gasteiger partial charge in [-0.15, -0.1) is 0 Å². The molecule has 3 N–H and O–H groups in total. The van der Waals surface area contributed by atoms with E-state index in [-0.39, 0.29) is 29.7 Å². The average molecular weight is 504 g/mol. The van der Waals surface area contributed by atoms with Gasteiger partial charge in [0, 0.05) is 6.54 Å². The lowest BCUT2D eigenvalue weighted by molar-refractivity contribution is -0.192. The second-order valence-corrected chi connectivity index (χ2v) is 8.72. The summed E-state index contributed by atoms with van der Waals surface area (Å²) in [4.78, 5) is 27.5. The number of likely N-dealkylation sites (tertiary alicyclic amines) is 1. The van der Waals surface area contributed by atoms with Gasteiger partial charge in [-0.1, -0.05) is 24.1 Å². The Balaban J connectivity index is 0.000000429. The molecule has 1 aromatic carbocycles. The van der Waals surface area contributed by atoms with E-state index in [9.17, 15) is 26.7 Å². The minimum atomic E-state index is -5.08. The summed E-state index contributed by atoms with van der Waals surface area (Å²) in [5.74, 6) is -3.12. The predicted octanol–water partition coefficient (Wildman–Crippen LogP) is 3.60. The first-order chi connectivity index (χ1) is 16.4. The Morgan fingerprint density at radius 3 is 2.46 bits per heavy atom. The Morgan fingerprint density at radius 1 is 1.29 bits per heavy atom. The van der Waals surface area contributed by atoms with Gasteiger partial charge in [0.1, 0.15) is 12.0 Å². The van der Waals surface area contributed by atoms with Crippen LogP contribution in [0.15, 0.2) is 22.7 Å². The van der Waals surface area contributed by atoms with E-state index in [2.05, 4.69) is 10.1 Å². The lowest BCUT2D eigenvalue weighted by Gasteiger charge is -2.25. The summed E-state index contributed by atoms with van der Waals surface area (Å²) >= 11 is 0. The molecule has 8 nitrogen and oxygen atoms in total. The molecule has 4 rings (SSSR count). The lowest BCUT2D eigenvalue weighted by atomic mass is 9.93. The Labute approximate surface area is 197 Å². The summed E-state index contributed by atoms with van der Waals surface area (Å²) in [5, 5.41) is 11.0. The van der Waals surface area contributed by atoms with Crippen LogP contribution in [-0.2, 0) is 9.59 Å². The topological polar surface area (TPSA) is 123 Å². The number of aromatic nitrogens is 2. The van der Waals surface area contributed by atoms with Crippen LogP contribution in [0, 0.1) is 18.7 Å². The highest BCUT2D eigenvalue weighted by Crippen LogP contribution is 2.40. The van der Waals surface area contributed by atoms with Gasteiger partial charge >= 0.3 is 12.1 Å². The van der Waals surface area contributed by atoms with Crippen LogP contribution >= 0.6 is 0 Å². The number of amides is 1. The monoisotopic (exact) mass is 504 g/mol. The number of nitrogens with two attached hydrogens (primary N) is 1. The van der Waals surface area contributed by atoms with Crippen molar-refractivity contribution in [3.8, 4) is 11.4 Å². The van der Waals surface area contributed by atoms with Crippen molar-refractivity contribution in [1.82, 2.24) is 15.0 Å². The lowest BCUT2D eigenvalue weighted by Crippen LogP contribution is -2.46. The molecule has 2 aliphatic rings. The maximum atomic E-state index is 14.3. The molecule has 3 atom stereocenters. The van der Waals surface area contributed by atoms with Crippen LogP contribution in [0.4, 0.5) is 22.0 Å². The van der Waals surface area contributed by atoms with Crippen LogP contribution in [-0.4, -0.2) is 63.5 Å². The van der Waals surface area contributed by atoms with E-state index in [0.717, 1.165) is 18.4 Å². The van der Waals surface area contributed by atoms with Gasteiger partial charge in [0.05, 0.1) is 24.1 Å². The number of carboxylic acids is 1. The first-order valence-electron chi connectivity index (χ1n) is 11.0. The van der Waals surface area contributed by atoms with Crippen LogP contribution in [0.5, 0.6) is 0 Å². The molecule has 1 aliphatic carbocycles. The van der Waals surface area contributed by atoms with Gasteiger partial charge in [-0.25, -0.2) is 13.6 Å². The largest absolute Gasteiger partial charge is 0.490 e. The number of alkyl halides is 4. The van der Waals surface area contributed by atoms with E-state index in [1.807, 2.05) is 0 Å². The molecule has 1 saturated carbocycles. The second-order valence-electron chi connectivity index (χ2n) is 8.72. The van der Waals surface area contributed by atoms with E-state index in [1.165, 1.54) is 11.0 Å². The zero-order valence-electron chi connectivity index (χ0n) is 18.8. The number of benzene rings is 1. The van der Waals surface area contributed by atoms with E-state index in [4.69, 9.17) is 20.2 Å². The van der Waals surface area contributed by atoms with Crippen molar-refractivity contribution in [2.45, 2.75) is 56.9 Å². The molecule has 0 bridgehead atoms. The number of halogens is 5. The van der Waals surface area contributed by atoms with Gasteiger partial charge in [0.2, 0.25) is 17.6 Å². The summed E-state index contributed by atoms with van der Waals surface area (Å²) in [6.45, 7) is 2.24. The number of carboxylic acid groups (broad SMARTS) is 1. The summed E-state index contributed by atoms with van der Waals surface area (Å²) in [6, 6.07) is 3.89. The molecule has 2 heterocycles. The summed E-state index contributed by atoms with van der Waals surface area (Å²) in [7, 11) is 0. The van der Waals surface area contributed by atoms with Gasteiger partial charge in [-0.3, -0.25) is 4.79 Å². The molecule has 1 amide bonds. The summed E-state index contributed by atoms with van der Waals surface area (Å²) < 4.78 is 64.9. The molecule has 0 unspecified atom stereocenters. The van der Waals surface area contributed by atoms with Crippen LogP contribution in [0.2, 0.25) is 0 Å². The Hall–Kier alpha value is -3.09. The number of carbonyl (C=O) groups is 2. The van der Waals surface area contributed by atoms with Gasteiger partial charge in [-0.05, 0) is 43.4 Å². The fraction of sp³-hybridized carbons (Fsp3) is 0.545. The van der Waals surface area contributed by atoms with E-state index in [1.54, 1.807) is 19.1 Å². The van der Waals surface area contributed by atoms with Crippen molar-refractivity contribution >= 4 is 11.9 Å². The molecule has 1 aliphatic heterocycles. The van der Waals surface area contributed by atoms with Crippen molar-refractivity contribution in [2.75, 3.05) is 13.1 Å². The first-order valence-corrected chi connectivity index (χ1v) is 11.0. The fourth-order valence-corrected chi connectivity index (χ4v) is 3.71. The number of hydrogen-bond donors (Lipinski definition) is 2. The third-order valence-electron chi connectivity index (χ3n) is 5.81. The molecule has 0 radical (unpaired) electrons. The number of nitrogens with zero attached hydrogens (tertiary/aromatic N) is 3. The van der Waals surface area contributed by atoms with Gasteiger partial charge in [-0.2, -0.15) is 18.2 Å². The number of aliphatic carboxylic acids is 1. The number of carbonyl (C=O) groups excluding carboxylic acids is 1. The molecular weight excluding hydrogens is 479 g/mol. The molecule has 35 heavy (non-hydrogen) atoms. The van der Waals surface area contributed by atoms with E-state index in [0.29, 0.717) is 25.3 Å². The first kappa shape index (κ1) is 26.5. The van der Waals surface area contributed by atoms with Gasteiger partial charge in [0.15, 0.2) is 0 Å². The normalized spacial score (nSPS) is 19.6. The van der Waals surface area contributed by atoms with Crippen molar-refractivity contribution in [3.63, 3.8) is 0 Å². The number of rotatable bonds is 6. The molecule has 1 saturated heterocycles. The molecule has 2 aromatic rings. The predicted molar refractivity (Wildman–Crippen MR) is 112 cm³/mol. The Bertz CT molecular complexity index is 1060. The van der Waals surface area contributed by atoms with Gasteiger partial charge in [0.25, 0.3) is 0 Å². The molecule has 0 spiro atoms. The number of aryl methyl sites for hydroxylation is 1. The van der Waals surface area contributed by atoms with Crippen LogP contribution in [0.1, 0.15) is 43.1 Å². The molecular formula is C22H25F5N4O4. The van der Waals surface area contributed by atoms with Crippen molar-refractivity contribution in [3.05, 3.63) is 35.5 Å². The van der Waals surface area contributed by atoms with E-state index >= 15 is 0 Å². The second kappa shape index (κ2) is 10.7. The van der Waals surface area contributed by atoms with Crippen molar-refractivity contribution < 1.29 is 41.2 Å². The molecule has 1 aromatic heterocycles. The van der Waals surface area contributed by atoms with Crippen LogP contribution in [0.3, 0.4) is 0 Å². The maximum Gasteiger partial charge on any atom is 0.490 e.